The molecule has 1 aromatic rings. The normalized spacial score (nSPS) is 16.6. The van der Waals surface area contributed by atoms with Gasteiger partial charge >= 0.3 is 0 Å². The van der Waals surface area contributed by atoms with Crippen molar-refractivity contribution in [1.29, 1.82) is 0 Å². The molecule has 14 heavy (non-hydrogen) atoms. The smallest absolute Gasteiger partial charge is 0.138 e. The van der Waals surface area contributed by atoms with Gasteiger partial charge in [-0.15, -0.1) is 0 Å². The largest absolute Gasteiger partial charge is 0.506 e. The molecule has 1 saturated carbocycles. The highest BCUT2D eigenvalue weighted by Gasteiger charge is 2.17. The Balaban J connectivity index is 1.96. The van der Waals surface area contributed by atoms with Gasteiger partial charge in [-0.3, -0.25) is 0 Å². The molecule has 0 amide bonds. The first-order valence-electron chi connectivity index (χ1n) is 4.93. The van der Waals surface area contributed by atoms with Gasteiger partial charge in [0.2, 0.25) is 0 Å². The summed E-state index contributed by atoms with van der Waals surface area (Å²) in [7, 11) is 0. The average molecular weight is 193 g/mol. The highest BCUT2D eigenvalue weighted by molar-refractivity contribution is 5.37. The predicted octanol–water partition coefficient (Wildman–Crippen LogP) is 1.01. The SMILES string of the molecule is Nc1ccc(O)c(CNC2CCC2)n1. The maximum Gasteiger partial charge on any atom is 0.138 e. The molecule has 2 rings (SSSR count). The van der Waals surface area contributed by atoms with Gasteiger partial charge in [-0.1, -0.05) is 6.42 Å². The third kappa shape index (κ3) is 1.96. The Morgan fingerprint density at radius 2 is 2.29 bits per heavy atom. The second kappa shape index (κ2) is 3.84. The van der Waals surface area contributed by atoms with Crippen molar-refractivity contribution in [2.75, 3.05) is 5.73 Å². The molecule has 0 aliphatic heterocycles. The highest BCUT2D eigenvalue weighted by Crippen LogP contribution is 2.20. The van der Waals surface area contributed by atoms with Gasteiger partial charge in [-0.2, -0.15) is 0 Å². The molecule has 0 saturated heterocycles. The van der Waals surface area contributed by atoms with E-state index in [-0.39, 0.29) is 5.75 Å². The van der Waals surface area contributed by atoms with Gasteiger partial charge in [0, 0.05) is 12.6 Å². The first-order chi connectivity index (χ1) is 6.75. The van der Waals surface area contributed by atoms with Gasteiger partial charge < -0.3 is 16.2 Å². The third-order valence-corrected chi connectivity index (χ3v) is 2.64. The average Bonchev–Trinajstić information content (AvgIpc) is 2.08. The van der Waals surface area contributed by atoms with Gasteiger partial charge in [0.15, 0.2) is 0 Å². The van der Waals surface area contributed by atoms with Crippen LogP contribution in [0, 0.1) is 0 Å². The van der Waals surface area contributed by atoms with Crippen molar-refractivity contribution < 1.29 is 5.11 Å². The zero-order chi connectivity index (χ0) is 9.97. The first-order valence-corrected chi connectivity index (χ1v) is 4.93. The summed E-state index contributed by atoms with van der Waals surface area (Å²) in [6.07, 6.45) is 3.75. The fourth-order valence-electron chi connectivity index (χ4n) is 1.49. The van der Waals surface area contributed by atoms with Crippen LogP contribution in [0.5, 0.6) is 5.75 Å². The fraction of sp³-hybridized carbons (Fsp3) is 0.500. The molecule has 4 nitrogen and oxygen atoms in total. The van der Waals surface area contributed by atoms with E-state index in [4.69, 9.17) is 5.73 Å². The van der Waals surface area contributed by atoms with Gasteiger partial charge in [0.05, 0.1) is 5.69 Å². The standard InChI is InChI=1S/C10H15N3O/c11-10-5-4-9(14)8(13-10)6-12-7-2-1-3-7/h4-5,7,12,14H,1-3,6H2,(H2,11,13). The number of nitrogens with two attached hydrogens (primary N) is 1. The molecule has 1 aromatic heterocycles. The number of anilines is 1. The summed E-state index contributed by atoms with van der Waals surface area (Å²) < 4.78 is 0. The van der Waals surface area contributed by atoms with Crippen LogP contribution in [-0.4, -0.2) is 16.1 Å². The molecule has 76 valence electrons. The van der Waals surface area contributed by atoms with E-state index in [0.717, 1.165) is 0 Å². The Bertz CT molecular complexity index is 323. The molecule has 0 unspecified atom stereocenters. The molecule has 4 heteroatoms. The lowest BCUT2D eigenvalue weighted by atomic mass is 9.93. The summed E-state index contributed by atoms with van der Waals surface area (Å²) in [6, 6.07) is 3.78. The molecular formula is C10H15N3O. The summed E-state index contributed by atoms with van der Waals surface area (Å²) in [6.45, 7) is 0.599. The Morgan fingerprint density at radius 1 is 1.50 bits per heavy atom. The summed E-state index contributed by atoms with van der Waals surface area (Å²) in [5.41, 5.74) is 6.17. The quantitative estimate of drug-likeness (QED) is 0.670. The van der Waals surface area contributed by atoms with Crippen molar-refractivity contribution >= 4 is 5.82 Å². The summed E-state index contributed by atoms with van der Waals surface area (Å²) in [4.78, 5) is 4.07. The Labute approximate surface area is 83.2 Å². The van der Waals surface area contributed by atoms with Crippen LogP contribution in [0.15, 0.2) is 12.1 Å². The molecule has 0 radical (unpaired) electrons. The van der Waals surface area contributed by atoms with Crippen LogP contribution in [-0.2, 0) is 6.54 Å². The van der Waals surface area contributed by atoms with Crippen LogP contribution in [0.4, 0.5) is 5.82 Å². The first kappa shape index (κ1) is 9.27. The van der Waals surface area contributed by atoms with Crippen LogP contribution in [0.2, 0.25) is 0 Å². The van der Waals surface area contributed by atoms with Crippen molar-refractivity contribution in [2.24, 2.45) is 0 Å². The van der Waals surface area contributed by atoms with Crippen LogP contribution in [0.3, 0.4) is 0 Å². The second-order valence-electron chi connectivity index (χ2n) is 3.71. The van der Waals surface area contributed by atoms with Gasteiger partial charge in [-0.25, -0.2) is 4.98 Å². The molecule has 4 N–H and O–H groups in total. The van der Waals surface area contributed by atoms with E-state index in [1.807, 2.05) is 0 Å². The maximum absolute atomic E-state index is 9.48. The number of pyridine rings is 1. The van der Waals surface area contributed by atoms with Crippen LogP contribution >= 0.6 is 0 Å². The molecular weight excluding hydrogens is 178 g/mol. The molecule has 0 aromatic carbocycles. The molecule has 1 aliphatic carbocycles. The van der Waals surface area contributed by atoms with E-state index in [2.05, 4.69) is 10.3 Å². The summed E-state index contributed by atoms with van der Waals surface area (Å²) in [5, 5.41) is 12.8. The number of nitrogens with zero attached hydrogens (tertiary/aromatic N) is 1. The molecule has 0 atom stereocenters. The lowest BCUT2D eigenvalue weighted by Crippen LogP contribution is -2.34. The zero-order valence-electron chi connectivity index (χ0n) is 8.03. The van der Waals surface area contributed by atoms with Gasteiger partial charge in [0.1, 0.15) is 11.6 Å². The van der Waals surface area contributed by atoms with Gasteiger partial charge in [0.25, 0.3) is 0 Å². The Hall–Kier alpha value is -1.29. The van der Waals surface area contributed by atoms with Crippen molar-refractivity contribution in [2.45, 2.75) is 31.8 Å². The van der Waals surface area contributed by atoms with Crippen LogP contribution in [0.1, 0.15) is 25.0 Å². The lowest BCUT2D eigenvalue weighted by Gasteiger charge is -2.26. The monoisotopic (exact) mass is 193 g/mol. The van der Waals surface area contributed by atoms with Crippen LogP contribution < -0.4 is 11.1 Å². The Morgan fingerprint density at radius 3 is 2.93 bits per heavy atom. The van der Waals surface area contributed by atoms with E-state index in [0.29, 0.717) is 24.1 Å². The molecule has 1 heterocycles. The number of nitrogen functional groups attached to an aromatic ring is 1. The number of nitrogens with one attached hydrogen (secondary N) is 1. The van der Waals surface area contributed by atoms with E-state index in [1.165, 1.54) is 19.3 Å². The van der Waals surface area contributed by atoms with Gasteiger partial charge in [-0.05, 0) is 25.0 Å². The third-order valence-electron chi connectivity index (χ3n) is 2.64. The topological polar surface area (TPSA) is 71.2 Å². The van der Waals surface area contributed by atoms with E-state index in [9.17, 15) is 5.11 Å². The van der Waals surface area contributed by atoms with E-state index >= 15 is 0 Å². The van der Waals surface area contributed by atoms with E-state index in [1.54, 1.807) is 12.1 Å². The predicted molar refractivity (Wildman–Crippen MR) is 54.8 cm³/mol. The number of rotatable bonds is 3. The highest BCUT2D eigenvalue weighted by atomic mass is 16.3. The number of aromatic hydroxyl groups is 1. The second-order valence-corrected chi connectivity index (χ2v) is 3.71. The minimum absolute atomic E-state index is 0.214. The molecule has 1 fully saturated rings. The van der Waals surface area contributed by atoms with Crippen molar-refractivity contribution in [1.82, 2.24) is 10.3 Å². The number of hydrogen-bond acceptors (Lipinski definition) is 4. The summed E-state index contributed by atoms with van der Waals surface area (Å²) in [5.74, 6) is 0.666. The molecule has 0 bridgehead atoms. The number of aromatic nitrogens is 1. The van der Waals surface area contributed by atoms with Crippen LogP contribution in [0.25, 0.3) is 0 Å². The lowest BCUT2D eigenvalue weighted by molar-refractivity contribution is 0.334. The van der Waals surface area contributed by atoms with E-state index < -0.39 is 0 Å². The Kier molecular flexibility index (Phi) is 2.54. The van der Waals surface area contributed by atoms with Crippen molar-refractivity contribution in [3.05, 3.63) is 17.8 Å². The zero-order valence-corrected chi connectivity index (χ0v) is 8.03. The fourth-order valence-corrected chi connectivity index (χ4v) is 1.49. The van der Waals surface area contributed by atoms with Crippen molar-refractivity contribution in [3.8, 4) is 5.75 Å². The molecule has 1 aliphatic rings. The summed E-state index contributed by atoms with van der Waals surface area (Å²) >= 11 is 0. The molecule has 0 spiro atoms. The minimum Gasteiger partial charge on any atom is -0.506 e. The minimum atomic E-state index is 0.214. The van der Waals surface area contributed by atoms with Crippen molar-refractivity contribution in [3.63, 3.8) is 0 Å². The maximum atomic E-state index is 9.48. The number of hydrogen-bond donors (Lipinski definition) is 3.